The topological polar surface area (TPSA) is 113 Å². The van der Waals surface area contributed by atoms with E-state index >= 15 is 0 Å². The van der Waals surface area contributed by atoms with Gasteiger partial charge in [0.25, 0.3) is 5.89 Å². The molecule has 9 nitrogen and oxygen atoms in total. The van der Waals surface area contributed by atoms with Crippen molar-refractivity contribution in [2.75, 3.05) is 31.6 Å². The largest absolute Gasteiger partial charge is 0.468 e. The normalized spacial score (nSPS) is 14.0. The summed E-state index contributed by atoms with van der Waals surface area (Å²) < 4.78 is 15.9. The lowest BCUT2D eigenvalue weighted by atomic mass is 9.95. The van der Waals surface area contributed by atoms with Gasteiger partial charge < -0.3 is 23.4 Å². The Morgan fingerprint density at radius 1 is 1.26 bits per heavy atom. The van der Waals surface area contributed by atoms with Gasteiger partial charge in [-0.15, -0.1) is 0 Å². The zero-order chi connectivity index (χ0) is 24.1. The summed E-state index contributed by atoms with van der Waals surface area (Å²) in [6, 6.07) is 12.6. The number of halogens is 1. The first-order valence-electron chi connectivity index (χ1n) is 10.8. The Bertz CT molecular complexity index is 1180. The van der Waals surface area contributed by atoms with E-state index in [9.17, 15) is 14.9 Å². The minimum atomic E-state index is -0.481. The summed E-state index contributed by atoms with van der Waals surface area (Å²) in [5.74, 6) is 0.175. The van der Waals surface area contributed by atoms with Gasteiger partial charge in [0.2, 0.25) is 17.5 Å². The zero-order valence-electron chi connectivity index (χ0n) is 18.6. The summed E-state index contributed by atoms with van der Waals surface area (Å²) >= 11 is 5.96. The number of furan rings is 1. The molecule has 176 valence electrons. The molecule has 0 bridgehead atoms. The van der Waals surface area contributed by atoms with Gasteiger partial charge in [-0.1, -0.05) is 23.7 Å². The second-order valence-electron chi connectivity index (χ2n) is 7.92. The first-order valence-corrected chi connectivity index (χ1v) is 11.2. The van der Waals surface area contributed by atoms with Gasteiger partial charge in [0.1, 0.15) is 12.6 Å². The molecule has 1 amide bonds. The van der Waals surface area contributed by atoms with Crippen molar-refractivity contribution >= 4 is 29.4 Å². The van der Waals surface area contributed by atoms with Crippen LogP contribution in [0.5, 0.6) is 0 Å². The monoisotopic (exact) mass is 482 g/mol. The number of ether oxygens (including phenoxy) is 1. The van der Waals surface area contributed by atoms with Gasteiger partial charge in [-0.25, -0.2) is 0 Å². The first kappa shape index (κ1) is 23.4. The quantitative estimate of drug-likeness (QED) is 0.466. The highest BCUT2D eigenvalue weighted by molar-refractivity contribution is 6.30. The molecule has 1 aliphatic rings. The van der Waals surface area contributed by atoms with Crippen LogP contribution in [0, 0.1) is 17.2 Å². The molecule has 1 aromatic carbocycles. The molecule has 0 N–H and O–H groups in total. The molecule has 3 heterocycles. The van der Waals surface area contributed by atoms with Crippen LogP contribution < -0.4 is 4.90 Å². The highest BCUT2D eigenvalue weighted by Gasteiger charge is 2.32. The number of aromatic nitrogens is 1. The van der Waals surface area contributed by atoms with Gasteiger partial charge in [-0.3, -0.25) is 9.59 Å². The highest BCUT2D eigenvalue weighted by Crippen LogP contribution is 2.32. The Morgan fingerprint density at radius 3 is 2.62 bits per heavy atom. The molecular weight excluding hydrogens is 460 g/mol. The maximum atomic E-state index is 13.3. The van der Waals surface area contributed by atoms with E-state index in [-0.39, 0.29) is 36.5 Å². The Labute approximate surface area is 201 Å². The summed E-state index contributed by atoms with van der Waals surface area (Å²) in [6.07, 6.45) is 2.59. The van der Waals surface area contributed by atoms with Crippen molar-refractivity contribution in [3.63, 3.8) is 0 Å². The predicted molar refractivity (Wildman–Crippen MR) is 123 cm³/mol. The van der Waals surface area contributed by atoms with Crippen molar-refractivity contribution in [2.24, 2.45) is 5.92 Å². The van der Waals surface area contributed by atoms with Gasteiger partial charge >= 0.3 is 5.97 Å². The predicted octanol–water partition coefficient (Wildman–Crippen LogP) is 3.88. The molecule has 34 heavy (non-hydrogen) atoms. The Kier molecular flexibility index (Phi) is 7.18. The standard InChI is InChI=1S/C24H23ClN4O5/c1-32-21(30)15-29(14-16-4-6-18(25)7-5-16)23(31)17-8-10-28(11-9-17)24-19(13-26)27-22(34-24)20-3-2-12-33-20/h2-7,12,17H,8-11,14-15H2,1H3. The average Bonchev–Trinajstić information content (AvgIpc) is 3.54. The van der Waals surface area contributed by atoms with Crippen LogP contribution in [-0.2, 0) is 20.9 Å². The van der Waals surface area contributed by atoms with Crippen LogP contribution in [0.25, 0.3) is 11.7 Å². The molecule has 10 heteroatoms. The van der Waals surface area contributed by atoms with Crippen molar-refractivity contribution in [3.8, 4) is 17.7 Å². The molecule has 3 aromatic rings. The summed E-state index contributed by atoms with van der Waals surface area (Å²) in [5, 5.41) is 10.1. The molecule has 0 radical (unpaired) electrons. The van der Waals surface area contributed by atoms with E-state index in [2.05, 4.69) is 11.1 Å². The van der Waals surface area contributed by atoms with Crippen LogP contribution in [0.1, 0.15) is 24.1 Å². The van der Waals surface area contributed by atoms with Crippen molar-refractivity contribution in [1.29, 1.82) is 5.26 Å². The minimum absolute atomic E-state index is 0.116. The minimum Gasteiger partial charge on any atom is -0.468 e. The Hall–Kier alpha value is -3.77. The van der Waals surface area contributed by atoms with Gasteiger partial charge in [-0.05, 0) is 42.7 Å². The summed E-state index contributed by atoms with van der Waals surface area (Å²) in [4.78, 5) is 32.9. The number of esters is 1. The van der Waals surface area contributed by atoms with Gasteiger partial charge in [0.05, 0.1) is 13.4 Å². The van der Waals surface area contributed by atoms with Crippen molar-refractivity contribution in [3.05, 3.63) is 58.9 Å². The highest BCUT2D eigenvalue weighted by atomic mass is 35.5. The number of hydrogen-bond donors (Lipinski definition) is 0. The molecule has 0 saturated carbocycles. The zero-order valence-corrected chi connectivity index (χ0v) is 19.3. The lowest BCUT2D eigenvalue weighted by Crippen LogP contribution is -2.44. The lowest BCUT2D eigenvalue weighted by Gasteiger charge is -2.33. The van der Waals surface area contributed by atoms with E-state index in [0.717, 1.165) is 5.56 Å². The molecule has 1 saturated heterocycles. The molecule has 0 spiro atoms. The summed E-state index contributed by atoms with van der Waals surface area (Å²) in [5.41, 5.74) is 1.04. The third-order valence-electron chi connectivity index (χ3n) is 5.72. The number of carbonyl (C=O) groups excluding carboxylic acids is 2. The number of carbonyl (C=O) groups is 2. The molecule has 1 aliphatic heterocycles. The maximum Gasteiger partial charge on any atom is 0.325 e. The van der Waals surface area contributed by atoms with Crippen LogP contribution in [0.3, 0.4) is 0 Å². The molecule has 0 unspecified atom stereocenters. The second kappa shape index (κ2) is 10.4. The molecule has 0 atom stereocenters. The van der Waals surface area contributed by atoms with Gasteiger partial charge in [-0.2, -0.15) is 10.2 Å². The third kappa shape index (κ3) is 5.24. The smallest absolute Gasteiger partial charge is 0.325 e. The van der Waals surface area contributed by atoms with Crippen LogP contribution in [0.2, 0.25) is 5.02 Å². The fraction of sp³-hybridized carbons (Fsp3) is 0.333. The number of methoxy groups -OCH3 is 1. The number of benzene rings is 1. The van der Waals surface area contributed by atoms with E-state index in [1.54, 1.807) is 24.3 Å². The van der Waals surface area contributed by atoms with Crippen molar-refractivity contribution < 1.29 is 23.2 Å². The number of rotatable bonds is 7. The number of amides is 1. The Morgan fingerprint density at radius 2 is 2.00 bits per heavy atom. The number of anilines is 1. The SMILES string of the molecule is COC(=O)CN(Cc1ccc(Cl)cc1)C(=O)C1CCN(c2oc(-c3ccco3)nc2C#N)CC1. The summed E-state index contributed by atoms with van der Waals surface area (Å²) in [6.45, 7) is 1.15. The first-order chi connectivity index (χ1) is 16.5. The summed E-state index contributed by atoms with van der Waals surface area (Å²) in [7, 11) is 1.30. The third-order valence-corrected chi connectivity index (χ3v) is 5.98. The van der Waals surface area contributed by atoms with E-state index < -0.39 is 5.97 Å². The molecule has 4 rings (SSSR count). The van der Waals surface area contributed by atoms with Crippen LogP contribution in [0.15, 0.2) is 51.5 Å². The fourth-order valence-corrected chi connectivity index (χ4v) is 4.06. The van der Waals surface area contributed by atoms with Crippen LogP contribution in [-0.4, -0.2) is 48.5 Å². The van der Waals surface area contributed by atoms with Crippen molar-refractivity contribution in [1.82, 2.24) is 9.88 Å². The van der Waals surface area contributed by atoms with Crippen LogP contribution >= 0.6 is 11.6 Å². The van der Waals surface area contributed by atoms with Crippen LogP contribution in [0.4, 0.5) is 5.88 Å². The van der Waals surface area contributed by atoms with Crippen molar-refractivity contribution in [2.45, 2.75) is 19.4 Å². The molecule has 2 aromatic heterocycles. The Balaban J connectivity index is 1.44. The number of nitriles is 1. The lowest BCUT2D eigenvalue weighted by molar-refractivity contribution is -0.149. The average molecular weight is 483 g/mol. The number of nitrogens with zero attached hydrogens (tertiary/aromatic N) is 4. The van der Waals surface area contributed by atoms with E-state index in [1.165, 1.54) is 18.3 Å². The van der Waals surface area contributed by atoms with Gasteiger partial charge in [0, 0.05) is 30.6 Å². The molecule has 0 aliphatic carbocycles. The fourth-order valence-electron chi connectivity index (χ4n) is 3.93. The number of piperidine rings is 1. The molecule has 1 fully saturated rings. The van der Waals surface area contributed by atoms with E-state index in [0.29, 0.717) is 42.6 Å². The molecular formula is C24H23ClN4O5. The maximum absolute atomic E-state index is 13.3. The second-order valence-corrected chi connectivity index (χ2v) is 8.36. The van der Waals surface area contributed by atoms with E-state index in [1.807, 2.05) is 17.0 Å². The number of hydrogen-bond acceptors (Lipinski definition) is 8. The van der Waals surface area contributed by atoms with Gasteiger partial charge in [0.15, 0.2) is 5.76 Å². The van der Waals surface area contributed by atoms with E-state index in [4.69, 9.17) is 25.2 Å². The number of oxazole rings is 1.